The zero-order valence-electron chi connectivity index (χ0n) is 15.3. The van der Waals surface area contributed by atoms with Crippen molar-refractivity contribution in [2.45, 2.75) is 75.1 Å². The molecule has 4 aliphatic rings. The molecule has 0 saturated heterocycles. The third-order valence-corrected chi connectivity index (χ3v) is 7.69. The summed E-state index contributed by atoms with van der Waals surface area (Å²) >= 11 is 4.05. The monoisotopic (exact) mass is 403 g/mol. The van der Waals surface area contributed by atoms with E-state index in [1.807, 2.05) is 0 Å². The van der Waals surface area contributed by atoms with Gasteiger partial charge in [-0.1, -0.05) is 46.3 Å². The molecule has 1 amide bonds. The average molecular weight is 404 g/mol. The Balaban J connectivity index is 1.30. The van der Waals surface area contributed by atoms with E-state index < -0.39 is 0 Å². The van der Waals surface area contributed by atoms with Crippen LogP contribution in [0, 0.1) is 17.3 Å². The van der Waals surface area contributed by atoms with Crippen LogP contribution in [0.5, 0.6) is 0 Å². The van der Waals surface area contributed by atoms with Crippen molar-refractivity contribution in [1.29, 1.82) is 0 Å². The minimum atomic E-state index is 0.250. The van der Waals surface area contributed by atoms with Crippen LogP contribution in [0.3, 0.4) is 0 Å². The highest BCUT2D eigenvalue weighted by Crippen LogP contribution is 2.65. The zero-order valence-corrected chi connectivity index (χ0v) is 16.9. The molecular weight excluding hydrogens is 374 g/mol. The Labute approximate surface area is 160 Å². The van der Waals surface area contributed by atoms with Crippen molar-refractivity contribution >= 4 is 21.8 Å². The fraction of sp³-hybridized carbons (Fsp3) is 0.682. The normalized spacial score (nSPS) is 37.0. The van der Waals surface area contributed by atoms with E-state index in [0.717, 1.165) is 31.1 Å². The molecule has 136 valence electrons. The van der Waals surface area contributed by atoms with E-state index in [9.17, 15) is 4.79 Å². The molecule has 5 atom stereocenters. The number of rotatable bonds is 6. The Kier molecular flexibility index (Phi) is 4.72. The van der Waals surface area contributed by atoms with E-state index in [0.29, 0.717) is 4.32 Å². The van der Waals surface area contributed by atoms with Crippen LogP contribution in [0.4, 0.5) is 0 Å². The van der Waals surface area contributed by atoms with Crippen molar-refractivity contribution in [1.82, 2.24) is 5.32 Å². The molecule has 0 aromatic heterocycles. The van der Waals surface area contributed by atoms with Gasteiger partial charge in [0.2, 0.25) is 5.91 Å². The standard InChI is InChI=1S/C22H30BrNO/c1-16(7-8-17-5-3-2-4-6-17)24-20(25)14-21-10-18-9-19(11-21)13-22(23,12-18)15-21/h2-6,16,18-19H,7-15H2,1H3,(H,24,25)/t16-,18-,19+,21?,22?/m0/s1. The third-order valence-electron chi connectivity index (χ3n) is 6.76. The van der Waals surface area contributed by atoms with E-state index >= 15 is 0 Å². The van der Waals surface area contributed by atoms with Crippen molar-refractivity contribution in [3.8, 4) is 0 Å². The number of hydrogen-bond acceptors (Lipinski definition) is 1. The van der Waals surface area contributed by atoms with Crippen molar-refractivity contribution in [2.24, 2.45) is 17.3 Å². The molecule has 1 aromatic carbocycles. The maximum absolute atomic E-state index is 12.7. The van der Waals surface area contributed by atoms with Crippen LogP contribution in [-0.4, -0.2) is 16.3 Å². The molecule has 0 heterocycles. The van der Waals surface area contributed by atoms with Crippen LogP contribution in [0.1, 0.15) is 63.9 Å². The molecule has 3 heteroatoms. The maximum atomic E-state index is 12.7. The number of carbonyl (C=O) groups excluding carboxylic acids is 1. The molecule has 4 aliphatic carbocycles. The highest BCUT2D eigenvalue weighted by molar-refractivity contribution is 9.10. The molecule has 25 heavy (non-hydrogen) atoms. The van der Waals surface area contributed by atoms with Gasteiger partial charge in [0.05, 0.1) is 0 Å². The van der Waals surface area contributed by atoms with Crippen LogP contribution < -0.4 is 5.32 Å². The number of benzene rings is 1. The second-order valence-electron chi connectivity index (χ2n) is 9.28. The third kappa shape index (κ3) is 3.97. The van der Waals surface area contributed by atoms with Crippen molar-refractivity contribution < 1.29 is 4.79 Å². The summed E-state index contributed by atoms with van der Waals surface area (Å²) < 4.78 is 0.344. The highest BCUT2D eigenvalue weighted by Gasteiger charge is 2.57. The molecule has 2 unspecified atom stereocenters. The molecular formula is C22H30BrNO. The van der Waals surface area contributed by atoms with Gasteiger partial charge in [-0.05, 0) is 81.1 Å². The lowest BCUT2D eigenvalue weighted by Crippen LogP contribution is -2.54. The smallest absolute Gasteiger partial charge is 0.220 e. The molecule has 4 fully saturated rings. The number of amides is 1. The largest absolute Gasteiger partial charge is 0.354 e. The first-order valence-corrected chi connectivity index (χ1v) is 10.8. The summed E-state index contributed by atoms with van der Waals surface area (Å²) in [5, 5.41) is 3.28. The number of alkyl halides is 1. The minimum absolute atomic E-state index is 0.250. The fourth-order valence-electron chi connectivity index (χ4n) is 6.31. The molecule has 1 aromatic rings. The summed E-state index contributed by atoms with van der Waals surface area (Å²) in [5.41, 5.74) is 1.63. The van der Waals surface area contributed by atoms with Gasteiger partial charge >= 0.3 is 0 Å². The van der Waals surface area contributed by atoms with Crippen LogP contribution in [0.25, 0.3) is 0 Å². The van der Waals surface area contributed by atoms with Gasteiger partial charge in [-0.15, -0.1) is 0 Å². The van der Waals surface area contributed by atoms with Crippen LogP contribution >= 0.6 is 15.9 Å². The number of nitrogens with one attached hydrogen (secondary N) is 1. The first-order chi connectivity index (χ1) is 11.9. The summed E-state index contributed by atoms with van der Waals surface area (Å²) in [6.45, 7) is 2.15. The summed E-state index contributed by atoms with van der Waals surface area (Å²) in [6.07, 6.45) is 10.6. The highest BCUT2D eigenvalue weighted by atomic mass is 79.9. The maximum Gasteiger partial charge on any atom is 0.220 e. The number of halogens is 1. The molecule has 0 radical (unpaired) electrons. The Morgan fingerprint density at radius 3 is 2.52 bits per heavy atom. The van der Waals surface area contributed by atoms with Crippen molar-refractivity contribution in [2.75, 3.05) is 0 Å². The zero-order chi connectivity index (χ0) is 17.5. The fourth-order valence-corrected chi connectivity index (χ4v) is 7.82. The Bertz CT molecular complexity index is 614. The molecule has 4 saturated carbocycles. The summed E-state index contributed by atoms with van der Waals surface area (Å²) in [7, 11) is 0. The first-order valence-electron chi connectivity index (χ1n) is 9.96. The van der Waals surface area contributed by atoms with Crippen LogP contribution in [0.15, 0.2) is 30.3 Å². The SMILES string of the molecule is C[C@@H](CCc1ccccc1)NC(=O)CC12C[C@@H]3C[C@@H](CC(Br)(C3)C1)C2. The predicted octanol–water partition coefficient (Wildman–Crippen LogP) is 5.25. The Morgan fingerprint density at radius 1 is 1.20 bits per heavy atom. The van der Waals surface area contributed by atoms with Crippen molar-refractivity contribution in [3.05, 3.63) is 35.9 Å². The van der Waals surface area contributed by atoms with Crippen molar-refractivity contribution in [3.63, 3.8) is 0 Å². The number of aryl methyl sites for hydroxylation is 1. The summed E-state index contributed by atoms with van der Waals surface area (Å²) in [4.78, 5) is 12.7. The van der Waals surface area contributed by atoms with Gasteiger partial charge in [-0.3, -0.25) is 4.79 Å². The predicted molar refractivity (Wildman–Crippen MR) is 106 cm³/mol. The topological polar surface area (TPSA) is 29.1 Å². The molecule has 1 N–H and O–H groups in total. The van der Waals surface area contributed by atoms with Gasteiger partial charge in [-0.2, -0.15) is 0 Å². The van der Waals surface area contributed by atoms with Gasteiger partial charge in [0.1, 0.15) is 0 Å². The van der Waals surface area contributed by atoms with Crippen LogP contribution in [0.2, 0.25) is 0 Å². The first kappa shape index (κ1) is 17.6. The Hall–Kier alpha value is -0.830. The van der Waals surface area contributed by atoms with Gasteiger partial charge < -0.3 is 5.32 Å². The van der Waals surface area contributed by atoms with E-state index in [1.165, 1.54) is 44.1 Å². The van der Waals surface area contributed by atoms with Gasteiger partial charge in [-0.25, -0.2) is 0 Å². The number of hydrogen-bond donors (Lipinski definition) is 1. The quantitative estimate of drug-likeness (QED) is 0.645. The van der Waals surface area contributed by atoms with Crippen LogP contribution in [-0.2, 0) is 11.2 Å². The van der Waals surface area contributed by atoms with Gasteiger partial charge in [0.15, 0.2) is 0 Å². The molecule has 5 rings (SSSR count). The lowest BCUT2D eigenvalue weighted by molar-refractivity contribution is -0.128. The minimum Gasteiger partial charge on any atom is -0.354 e. The van der Waals surface area contributed by atoms with E-state index in [4.69, 9.17) is 0 Å². The molecule has 4 bridgehead atoms. The Morgan fingerprint density at radius 2 is 1.88 bits per heavy atom. The average Bonchev–Trinajstić information content (AvgIpc) is 2.50. The molecule has 2 nitrogen and oxygen atoms in total. The van der Waals surface area contributed by atoms with E-state index in [1.54, 1.807) is 0 Å². The summed E-state index contributed by atoms with van der Waals surface area (Å²) in [6, 6.07) is 10.8. The summed E-state index contributed by atoms with van der Waals surface area (Å²) in [5.74, 6) is 1.98. The van der Waals surface area contributed by atoms with Gasteiger partial charge in [0.25, 0.3) is 0 Å². The molecule has 0 aliphatic heterocycles. The second-order valence-corrected chi connectivity index (χ2v) is 11.0. The van der Waals surface area contributed by atoms with Gasteiger partial charge in [0, 0.05) is 16.8 Å². The lowest BCUT2D eigenvalue weighted by Gasteiger charge is -2.60. The lowest BCUT2D eigenvalue weighted by atomic mass is 9.48. The second kappa shape index (κ2) is 6.72. The van der Waals surface area contributed by atoms with E-state index in [-0.39, 0.29) is 17.4 Å². The number of carbonyl (C=O) groups is 1. The van der Waals surface area contributed by atoms with E-state index in [2.05, 4.69) is 58.5 Å². The molecule has 0 spiro atoms.